The van der Waals surface area contributed by atoms with E-state index in [1.54, 1.807) is 24.1 Å². The lowest BCUT2D eigenvalue weighted by Crippen LogP contribution is -2.48. The number of methoxy groups -OCH3 is 1. The lowest BCUT2D eigenvalue weighted by atomic mass is 10.1. The number of ether oxygens (including phenoxy) is 1. The molecule has 0 spiro atoms. The minimum atomic E-state index is -0.282. The molecule has 2 heterocycles. The second kappa shape index (κ2) is 8.83. The molecule has 2 aliphatic heterocycles. The van der Waals surface area contributed by atoms with E-state index < -0.39 is 0 Å². The maximum Gasteiger partial charge on any atom is 0.254 e. The molecule has 0 unspecified atom stereocenters. The van der Waals surface area contributed by atoms with Gasteiger partial charge in [0.25, 0.3) is 5.91 Å². The average molecular weight is 411 g/mol. The van der Waals surface area contributed by atoms with Gasteiger partial charge in [-0.25, -0.2) is 4.39 Å². The zero-order chi connectivity index (χ0) is 21.1. The molecule has 2 aromatic rings. The Balaban J connectivity index is 1.38. The number of carbonyl (C=O) groups excluding carboxylic acids is 2. The molecule has 158 valence electrons. The van der Waals surface area contributed by atoms with Crippen LogP contribution in [0.25, 0.3) is 0 Å². The highest BCUT2D eigenvalue weighted by Gasteiger charge is 2.25. The van der Waals surface area contributed by atoms with Crippen LogP contribution in [0.1, 0.15) is 28.8 Å². The zero-order valence-electron chi connectivity index (χ0n) is 17.1. The number of amides is 2. The Morgan fingerprint density at radius 3 is 2.57 bits per heavy atom. The predicted octanol–water partition coefficient (Wildman–Crippen LogP) is 2.92. The first-order valence-electron chi connectivity index (χ1n) is 10.3. The van der Waals surface area contributed by atoms with Crippen LogP contribution in [0.4, 0.5) is 10.1 Å². The van der Waals surface area contributed by atoms with Crippen molar-refractivity contribution in [3.05, 3.63) is 59.4 Å². The first-order valence-corrected chi connectivity index (χ1v) is 10.3. The monoisotopic (exact) mass is 411 g/mol. The number of rotatable bonds is 5. The van der Waals surface area contributed by atoms with E-state index >= 15 is 0 Å². The first-order chi connectivity index (χ1) is 14.5. The van der Waals surface area contributed by atoms with E-state index in [2.05, 4.69) is 4.90 Å². The van der Waals surface area contributed by atoms with E-state index in [0.717, 1.165) is 17.7 Å². The van der Waals surface area contributed by atoms with Crippen LogP contribution in [-0.4, -0.2) is 61.4 Å². The van der Waals surface area contributed by atoms with Gasteiger partial charge in [0.2, 0.25) is 5.91 Å². The van der Waals surface area contributed by atoms with Gasteiger partial charge < -0.3 is 14.5 Å². The molecule has 2 aliphatic rings. The highest BCUT2D eigenvalue weighted by Crippen LogP contribution is 2.24. The smallest absolute Gasteiger partial charge is 0.254 e. The number of anilines is 1. The fourth-order valence-corrected chi connectivity index (χ4v) is 4.13. The molecule has 2 saturated heterocycles. The highest BCUT2D eigenvalue weighted by atomic mass is 19.1. The molecule has 4 rings (SSSR count). The van der Waals surface area contributed by atoms with Crippen molar-refractivity contribution in [3.8, 4) is 5.75 Å². The van der Waals surface area contributed by atoms with Crippen molar-refractivity contribution in [3.63, 3.8) is 0 Å². The summed E-state index contributed by atoms with van der Waals surface area (Å²) >= 11 is 0. The van der Waals surface area contributed by atoms with Gasteiger partial charge in [-0.1, -0.05) is 6.07 Å². The first kappa shape index (κ1) is 20.3. The Labute approximate surface area is 175 Å². The number of piperazine rings is 1. The van der Waals surface area contributed by atoms with Gasteiger partial charge in [-0.05, 0) is 42.8 Å². The van der Waals surface area contributed by atoms with E-state index in [0.29, 0.717) is 57.0 Å². The van der Waals surface area contributed by atoms with Gasteiger partial charge in [-0.3, -0.25) is 14.5 Å². The summed E-state index contributed by atoms with van der Waals surface area (Å²) in [5.41, 5.74) is 2.20. The molecule has 7 heteroatoms. The number of halogens is 1. The standard InChI is InChI=1S/C23H26FN3O3/c1-30-21-8-7-19(24)14-18(21)16-25-10-12-26(13-11-25)23(29)17-4-2-5-20(15-17)27-9-3-6-22(27)28/h2,4-5,7-8,14-15H,3,6,9-13,16H2,1H3. The molecule has 0 atom stereocenters. The van der Waals surface area contributed by atoms with E-state index in [1.165, 1.54) is 12.1 Å². The van der Waals surface area contributed by atoms with Crippen LogP contribution in [0.2, 0.25) is 0 Å². The molecule has 30 heavy (non-hydrogen) atoms. The number of carbonyl (C=O) groups is 2. The summed E-state index contributed by atoms with van der Waals surface area (Å²) in [5, 5.41) is 0. The number of hydrogen-bond acceptors (Lipinski definition) is 4. The van der Waals surface area contributed by atoms with Crippen LogP contribution < -0.4 is 9.64 Å². The van der Waals surface area contributed by atoms with Gasteiger partial charge in [0.15, 0.2) is 0 Å². The van der Waals surface area contributed by atoms with Crippen molar-refractivity contribution < 1.29 is 18.7 Å². The second-order valence-corrected chi connectivity index (χ2v) is 7.72. The molecule has 0 aromatic heterocycles. The van der Waals surface area contributed by atoms with Crippen molar-refractivity contribution >= 4 is 17.5 Å². The fourth-order valence-electron chi connectivity index (χ4n) is 4.13. The second-order valence-electron chi connectivity index (χ2n) is 7.72. The van der Waals surface area contributed by atoms with E-state index in [1.807, 2.05) is 23.1 Å². The fraction of sp³-hybridized carbons (Fsp3) is 0.391. The Morgan fingerprint density at radius 1 is 1.07 bits per heavy atom. The number of nitrogens with zero attached hydrogens (tertiary/aromatic N) is 3. The lowest BCUT2D eigenvalue weighted by Gasteiger charge is -2.35. The maximum absolute atomic E-state index is 13.6. The van der Waals surface area contributed by atoms with Gasteiger partial charge in [0.05, 0.1) is 7.11 Å². The van der Waals surface area contributed by atoms with Gasteiger partial charge in [-0.15, -0.1) is 0 Å². The predicted molar refractivity (Wildman–Crippen MR) is 112 cm³/mol. The topological polar surface area (TPSA) is 53.1 Å². The van der Waals surface area contributed by atoms with Gasteiger partial charge >= 0.3 is 0 Å². The van der Waals surface area contributed by atoms with Crippen LogP contribution in [0.3, 0.4) is 0 Å². The van der Waals surface area contributed by atoms with Crippen LogP contribution >= 0.6 is 0 Å². The normalized spacial score (nSPS) is 17.5. The van der Waals surface area contributed by atoms with E-state index in [9.17, 15) is 14.0 Å². The van der Waals surface area contributed by atoms with Crippen molar-refractivity contribution in [1.82, 2.24) is 9.80 Å². The summed E-state index contributed by atoms with van der Waals surface area (Å²) in [7, 11) is 1.58. The van der Waals surface area contributed by atoms with Crippen LogP contribution in [0.15, 0.2) is 42.5 Å². The van der Waals surface area contributed by atoms with Gasteiger partial charge in [-0.2, -0.15) is 0 Å². The minimum Gasteiger partial charge on any atom is -0.496 e. The van der Waals surface area contributed by atoms with Crippen LogP contribution in [-0.2, 0) is 11.3 Å². The Morgan fingerprint density at radius 2 is 1.87 bits per heavy atom. The molecule has 0 bridgehead atoms. The quantitative estimate of drug-likeness (QED) is 0.759. The lowest BCUT2D eigenvalue weighted by molar-refractivity contribution is -0.117. The van der Waals surface area contributed by atoms with Crippen molar-refractivity contribution in [2.75, 3.05) is 44.7 Å². The summed E-state index contributed by atoms with van der Waals surface area (Å²) < 4.78 is 18.9. The van der Waals surface area contributed by atoms with Crippen molar-refractivity contribution in [2.45, 2.75) is 19.4 Å². The molecule has 2 amide bonds. The SMILES string of the molecule is COc1ccc(F)cc1CN1CCN(C(=O)c2cccc(N3CCCC3=O)c2)CC1. The van der Waals surface area contributed by atoms with Crippen molar-refractivity contribution in [2.24, 2.45) is 0 Å². The summed E-state index contributed by atoms with van der Waals surface area (Å²) in [6.07, 6.45) is 1.42. The van der Waals surface area contributed by atoms with E-state index in [-0.39, 0.29) is 17.6 Å². The summed E-state index contributed by atoms with van der Waals surface area (Å²) in [6, 6.07) is 11.9. The molecule has 6 nitrogen and oxygen atoms in total. The molecule has 0 radical (unpaired) electrons. The zero-order valence-corrected chi connectivity index (χ0v) is 17.1. The third-order valence-corrected chi connectivity index (χ3v) is 5.77. The van der Waals surface area contributed by atoms with Crippen molar-refractivity contribution in [1.29, 1.82) is 0 Å². The van der Waals surface area contributed by atoms with E-state index in [4.69, 9.17) is 4.74 Å². The molecule has 0 N–H and O–H groups in total. The van der Waals surface area contributed by atoms with Gasteiger partial charge in [0, 0.05) is 62.5 Å². The Hall–Kier alpha value is -2.93. The average Bonchev–Trinajstić information content (AvgIpc) is 3.20. The molecule has 2 aromatic carbocycles. The van der Waals surface area contributed by atoms with Gasteiger partial charge in [0.1, 0.15) is 11.6 Å². The molecule has 0 saturated carbocycles. The minimum absolute atomic E-state index is 0.0218. The Kier molecular flexibility index (Phi) is 5.99. The maximum atomic E-state index is 13.6. The molecular formula is C23H26FN3O3. The molecular weight excluding hydrogens is 385 g/mol. The third-order valence-electron chi connectivity index (χ3n) is 5.77. The summed E-state index contributed by atoms with van der Waals surface area (Å²) in [4.78, 5) is 30.8. The molecule has 0 aliphatic carbocycles. The largest absolute Gasteiger partial charge is 0.496 e. The summed E-state index contributed by atoms with van der Waals surface area (Å²) in [6.45, 7) is 3.90. The third kappa shape index (κ3) is 4.31. The number of hydrogen-bond donors (Lipinski definition) is 0. The Bertz CT molecular complexity index is 941. The molecule has 2 fully saturated rings. The number of benzene rings is 2. The van der Waals surface area contributed by atoms with Crippen LogP contribution in [0.5, 0.6) is 5.75 Å². The highest BCUT2D eigenvalue weighted by molar-refractivity contribution is 5.99. The summed E-state index contributed by atoms with van der Waals surface area (Å²) in [5.74, 6) is 0.478. The van der Waals surface area contributed by atoms with Crippen LogP contribution in [0, 0.1) is 5.82 Å².